The zero-order valence-electron chi connectivity index (χ0n) is 17.9. The topological polar surface area (TPSA) is 77.8 Å². The predicted octanol–water partition coefficient (Wildman–Crippen LogP) is 4.48. The highest BCUT2D eigenvalue weighted by molar-refractivity contribution is 5.66. The van der Waals surface area contributed by atoms with Crippen LogP contribution in [-0.2, 0) is 4.79 Å². The number of aliphatic hydroxyl groups excluding tert-OH is 2. The molecular formula is C24H40O4. The van der Waals surface area contributed by atoms with Crippen LogP contribution in [0.15, 0.2) is 0 Å². The van der Waals surface area contributed by atoms with Gasteiger partial charge in [0, 0.05) is 6.42 Å². The summed E-state index contributed by atoms with van der Waals surface area (Å²) in [5, 5.41) is 30.5. The Morgan fingerprint density at radius 1 is 1.00 bits per heavy atom. The van der Waals surface area contributed by atoms with E-state index in [9.17, 15) is 15.0 Å². The quantitative estimate of drug-likeness (QED) is 0.659. The van der Waals surface area contributed by atoms with Gasteiger partial charge in [0.15, 0.2) is 0 Å². The van der Waals surface area contributed by atoms with Gasteiger partial charge in [-0.3, -0.25) is 4.79 Å². The molecular weight excluding hydrogens is 352 g/mol. The number of hydrogen-bond donors (Lipinski definition) is 3. The molecule has 0 aliphatic heterocycles. The Morgan fingerprint density at radius 3 is 2.39 bits per heavy atom. The van der Waals surface area contributed by atoms with Crippen LogP contribution in [0.2, 0.25) is 0 Å². The maximum absolute atomic E-state index is 11.2. The molecule has 4 saturated carbocycles. The number of rotatable bonds is 4. The zero-order chi connectivity index (χ0) is 20.3. The number of aliphatic carboxylic acids is 1. The van der Waals surface area contributed by atoms with Crippen molar-refractivity contribution in [2.45, 2.75) is 97.2 Å². The molecule has 28 heavy (non-hydrogen) atoms. The molecule has 0 radical (unpaired) electrons. The van der Waals surface area contributed by atoms with Gasteiger partial charge in [0.2, 0.25) is 0 Å². The molecule has 0 spiro atoms. The smallest absolute Gasteiger partial charge is 0.303 e. The lowest BCUT2D eigenvalue weighted by Gasteiger charge is -2.62. The SMILES string of the molecule is CC(CCC(=O)O)C1CC[C@H]2C3C(O)CC4C[C@H](O)CC[C@]4(C)[C@H]3CC[C@]12C. The van der Waals surface area contributed by atoms with Crippen LogP contribution in [-0.4, -0.2) is 33.5 Å². The Hall–Kier alpha value is -0.610. The Kier molecular flexibility index (Phi) is 5.36. The van der Waals surface area contributed by atoms with E-state index in [2.05, 4.69) is 20.8 Å². The second-order valence-corrected chi connectivity index (χ2v) is 11.4. The standard InChI is InChI=1S/C24H40O4/c1-14(4-7-21(27)28)17-5-6-18-22-19(9-11-24(17,18)3)23(2)10-8-16(25)12-15(23)13-20(22)26/h14-20,22,25-26H,4-13H2,1-3H3,(H,27,28)/t14?,15?,16-,17?,18+,19+,20?,22?,23+,24-/m1/s1. The van der Waals surface area contributed by atoms with E-state index in [-0.39, 0.29) is 29.5 Å². The Morgan fingerprint density at radius 2 is 1.68 bits per heavy atom. The molecule has 0 aromatic carbocycles. The minimum absolute atomic E-state index is 0.179. The van der Waals surface area contributed by atoms with Crippen molar-refractivity contribution in [2.75, 3.05) is 0 Å². The molecule has 160 valence electrons. The van der Waals surface area contributed by atoms with Gasteiger partial charge in [-0.2, -0.15) is 0 Å². The van der Waals surface area contributed by atoms with E-state index < -0.39 is 5.97 Å². The van der Waals surface area contributed by atoms with E-state index in [1.807, 2.05) is 0 Å². The molecule has 4 aliphatic rings. The summed E-state index contributed by atoms with van der Waals surface area (Å²) in [7, 11) is 0. The van der Waals surface area contributed by atoms with Crippen LogP contribution >= 0.6 is 0 Å². The highest BCUT2D eigenvalue weighted by Crippen LogP contribution is 2.68. The lowest BCUT2D eigenvalue weighted by molar-refractivity contribution is -0.174. The first-order valence-electron chi connectivity index (χ1n) is 11.7. The summed E-state index contributed by atoms with van der Waals surface area (Å²) in [5.41, 5.74) is 0.523. The first kappa shape index (κ1) is 20.7. The van der Waals surface area contributed by atoms with Gasteiger partial charge in [-0.15, -0.1) is 0 Å². The number of aliphatic hydroxyl groups is 2. The van der Waals surface area contributed by atoms with E-state index in [4.69, 9.17) is 5.11 Å². The largest absolute Gasteiger partial charge is 0.481 e. The average molecular weight is 393 g/mol. The number of fused-ring (bicyclic) bond motifs is 5. The first-order valence-corrected chi connectivity index (χ1v) is 11.7. The number of carbonyl (C=O) groups is 1. The molecule has 4 rings (SSSR count). The third-order valence-electron chi connectivity index (χ3n) is 10.2. The summed E-state index contributed by atoms with van der Waals surface area (Å²) in [5.74, 6) is 2.36. The molecule has 0 aromatic rings. The van der Waals surface area contributed by atoms with Crippen LogP contribution in [0.3, 0.4) is 0 Å². The zero-order valence-corrected chi connectivity index (χ0v) is 17.9. The number of hydrogen-bond acceptors (Lipinski definition) is 3. The van der Waals surface area contributed by atoms with Crippen molar-refractivity contribution in [1.29, 1.82) is 0 Å². The van der Waals surface area contributed by atoms with Crippen LogP contribution in [0.5, 0.6) is 0 Å². The van der Waals surface area contributed by atoms with Crippen LogP contribution in [0.1, 0.15) is 85.0 Å². The molecule has 3 N–H and O–H groups in total. The maximum Gasteiger partial charge on any atom is 0.303 e. The minimum Gasteiger partial charge on any atom is -0.481 e. The second kappa shape index (κ2) is 7.27. The average Bonchev–Trinajstić information content (AvgIpc) is 2.98. The van der Waals surface area contributed by atoms with E-state index in [0.29, 0.717) is 35.5 Å². The summed E-state index contributed by atoms with van der Waals surface area (Å²) >= 11 is 0. The predicted molar refractivity (Wildman–Crippen MR) is 109 cm³/mol. The lowest BCUT2D eigenvalue weighted by atomic mass is 9.43. The fraction of sp³-hybridized carbons (Fsp3) is 0.958. The van der Waals surface area contributed by atoms with Crippen LogP contribution < -0.4 is 0 Å². The minimum atomic E-state index is -0.684. The van der Waals surface area contributed by atoms with Gasteiger partial charge in [-0.25, -0.2) is 0 Å². The summed E-state index contributed by atoms with van der Waals surface area (Å²) in [6.07, 6.45) is 9.19. The fourth-order valence-electron chi connectivity index (χ4n) is 8.73. The van der Waals surface area contributed by atoms with Crippen LogP contribution in [0, 0.1) is 46.3 Å². The summed E-state index contributed by atoms with van der Waals surface area (Å²) in [6.45, 7) is 7.16. The Bertz CT molecular complexity index is 605. The molecule has 4 fully saturated rings. The van der Waals surface area contributed by atoms with Gasteiger partial charge >= 0.3 is 5.97 Å². The summed E-state index contributed by atoms with van der Waals surface area (Å²) in [6, 6.07) is 0. The highest BCUT2D eigenvalue weighted by atomic mass is 16.4. The van der Waals surface area contributed by atoms with E-state index in [1.165, 1.54) is 25.7 Å². The van der Waals surface area contributed by atoms with Crippen molar-refractivity contribution in [3.63, 3.8) is 0 Å². The van der Waals surface area contributed by atoms with Crippen LogP contribution in [0.25, 0.3) is 0 Å². The van der Waals surface area contributed by atoms with Crippen molar-refractivity contribution in [1.82, 2.24) is 0 Å². The molecule has 0 saturated heterocycles. The highest BCUT2D eigenvalue weighted by Gasteiger charge is 2.62. The number of carboxylic acid groups (broad SMARTS) is 1. The maximum atomic E-state index is 11.2. The van der Waals surface area contributed by atoms with Crippen molar-refractivity contribution >= 4 is 5.97 Å². The molecule has 0 aromatic heterocycles. The van der Waals surface area contributed by atoms with Crippen molar-refractivity contribution in [3.8, 4) is 0 Å². The third-order valence-corrected chi connectivity index (χ3v) is 10.2. The fourth-order valence-corrected chi connectivity index (χ4v) is 8.73. The molecule has 4 nitrogen and oxygen atoms in total. The van der Waals surface area contributed by atoms with Crippen LogP contribution in [0.4, 0.5) is 0 Å². The normalized spacial score (nSPS) is 51.7. The summed E-state index contributed by atoms with van der Waals surface area (Å²) in [4.78, 5) is 11.1. The Labute approximate surface area is 170 Å². The first-order chi connectivity index (χ1) is 13.2. The van der Waals surface area contributed by atoms with E-state index in [1.54, 1.807) is 0 Å². The van der Waals surface area contributed by atoms with Crippen molar-refractivity contribution in [3.05, 3.63) is 0 Å². The van der Waals surface area contributed by atoms with Gasteiger partial charge in [0.1, 0.15) is 0 Å². The molecule has 4 aliphatic carbocycles. The molecule has 0 amide bonds. The number of carboxylic acids is 1. The molecule has 0 bridgehead atoms. The Balaban J connectivity index is 1.55. The van der Waals surface area contributed by atoms with E-state index in [0.717, 1.165) is 32.1 Å². The molecule has 4 heteroatoms. The third kappa shape index (κ3) is 3.14. The summed E-state index contributed by atoms with van der Waals surface area (Å²) < 4.78 is 0. The lowest BCUT2D eigenvalue weighted by Crippen LogP contribution is -2.58. The van der Waals surface area contributed by atoms with Crippen molar-refractivity contribution in [2.24, 2.45) is 46.3 Å². The van der Waals surface area contributed by atoms with E-state index >= 15 is 0 Å². The molecule has 10 atom stereocenters. The second-order valence-electron chi connectivity index (χ2n) is 11.4. The van der Waals surface area contributed by atoms with Gasteiger partial charge < -0.3 is 15.3 Å². The van der Waals surface area contributed by atoms with Gasteiger partial charge in [0.25, 0.3) is 0 Å². The molecule has 5 unspecified atom stereocenters. The van der Waals surface area contributed by atoms with Gasteiger partial charge in [-0.1, -0.05) is 20.8 Å². The van der Waals surface area contributed by atoms with Crippen molar-refractivity contribution < 1.29 is 20.1 Å². The monoisotopic (exact) mass is 392 g/mol. The molecule has 0 heterocycles. The van der Waals surface area contributed by atoms with Gasteiger partial charge in [-0.05, 0) is 104 Å². The van der Waals surface area contributed by atoms with Gasteiger partial charge in [0.05, 0.1) is 12.2 Å².